The van der Waals surface area contributed by atoms with Gasteiger partial charge in [0, 0.05) is 23.8 Å². The van der Waals surface area contributed by atoms with Gasteiger partial charge in [-0.1, -0.05) is 34.1 Å². The number of rotatable bonds is 6. The van der Waals surface area contributed by atoms with E-state index in [-0.39, 0.29) is 12.6 Å². The average Bonchev–Trinajstić information content (AvgIpc) is 2.65. The van der Waals surface area contributed by atoms with Gasteiger partial charge in [-0.15, -0.1) is 0 Å². The van der Waals surface area contributed by atoms with E-state index in [1.165, 1.54) is 0 Å². The van der Waals surface area contributed by atoms with Gasteiger partial charge >= 0.3 is 6.03 Å². The lowest BCUT2D eigenvalue weighted by Gasteiger charge is -2.33. The van der Waals surface area contributed by atoms with E-state index in [9.17, 15) is 9.90 Å². The zero-order chi connectivity index (χ0) is 18.4. The first-order chi connectivity index (χ1) is 12.0. The molecular weight excluding hydrogens is 384 g/mol. The van der Waals surface area contributed by atoms with E-state index < -0.39 is 6.04 Å². The molecule has 0 aromatic heterocycles. The summed E-state index contributed by atoms with van der Waals surface area (Å²) in [4.78, 5) is 16.2. The number of urea groups is 1. The maximum Gasteiger partial charge on any atom is 0.324 e. The summed E-state index contributed by atoms with van der Waals surface area (Å²) in [6.45, 7) is 2.26. The number of carbonyl (C=O) groups is 1. The Balaban J connectivity index is 2.32. The van der Waals surface area contributed by atoms with Gasteiger partial charge in [0.15, 0.2) is 0 Å². The molecule has 0 saturated heterocycles. The molecule has 0 aliphatic rings. The minimum Gasteiger partial charge on any atom is -0.497 e. The monoisotopic (exact) mass is 406 g/mol. The summed E-state index contributed by atoms with van der Waals surface area (Å²) in [5.41, 5.74) is 1.62. The van der Waals surface area contributed by atoms with Crippen molar-refractivity contribution in [2.75, 3.05) is 32.2 Å². The predicted molar refractivity (Wildman–Crippen MR) is 103 cm³/mol. The maximum atomic E-state index is 13.0. The number of aliphatic hydroxyl groups is 1. The van der Waals surface area contributed by atoms with Gasteiger partial charge in [0.2, 0.25) is 0 Å². The largest absolute Gasteiger partial charge is 0.497 e. The maximum absolute atomic E-state index is 13.0. The van der Waals surface area contributed by atoms with Crippen LogP contribution < -0.4 is 9.64 Å². The number of hydrogen-bond acceptors (Lipinski definition) is 3. The average molecular weight is 407 g/mol. The zero-order valence-corrected chi connectivity index (χ0v) is 16.2. The molecule has 6 heteroatoms. The Labute approximate surface area is 156 Å². The summed E-state index contributed by atoms with van der Waals surface area (Å²) in [5.74, 6) is 0.674. The highest BCUT2D eigenvalue weighted by atomic mass is 79.9. The Morgan fingerprint density at radius 1 is 1.24 bits per heavy atom. The molecule has 1 atom stereocenters. The molecule has 0 spiro atoms. The summed E-state index contributed by atoms with van der Waals surface area (Å²) < 4.78 is 6.08. The van der Waals surface area contributed by atoms with Crippen LogP contribution in [-0.4, -0.2) is 43.3 Å². The van der Waals surface area contributed by atoms with Crippen LogP contribution in [0.4, 0.5) is 10.5 Å². The van der Waals surface area contributed by atoms with Crippen molar-refractivity contribution < 1.29 is 14.6 Å². The van der Waals surface area contributed by atoms with E-state index in [0.29, 0.717) is 12.3 Å². The second-order valence-electron chi connectivity index (χ2n) is 5.56. The third-order valence-electron chi connectivity index (χ3n) is 4.12. The molecule has 2 aromatic carbocycles. The van der Waals surface area contributed by atoms with Gasteiger partial charge in [0.05, 0.1) is 19.8 Å². The smallest absolute Gasteiger partial charge is 0.324 e. The number of halogens is 1. The molecule has 0 aliphatic heterocycles. The van der Waals surface area contributed by atoms with Gasteiger partial charge in [0.25, 0.3) is 0 Å². The lowest BCUT2D eigenvalue weighted by atomic mass is 10.1. The molecule has 1 unspecified atom stereocenters. The van der Waals surface area contributed by atoms with Crippen LogP contribution in [-0.2, 0) is 0 Å². The second-order valence-corrected chi connectivity index (χ2v) is 6.41. The number of aliphatic hydroxyl groups excluding tert-OH is 1. The number of amides is 2. The molecular formula is C19H23BrN2O3. The fourth-order valence-corrected chi connectivity index (χ4v) is 3.20. The SMILES string of the molecule is CCN(C(=O)N(C)C(CO)c1cc(OC)ccc1Br)c1ccccc1. The summed E-state index contributed by atoms with van der Waals surface area (Å²) in [7, 11) is 3.28. The van der Waals surface area contributed by atoms with Crippen LogP contribution >= 0.6 is 15.9 Å². The van der Waals surface area contributed by atoms with Crippen molar-refractivity contribution in [3.8, 4) is 5.75 Å². The topological polar surface area (TPSA) is 53.0 Å². The first-order valence-corrected chi connectivity index (χ1v) is 8.86. The number of benzene rings is 2. The van der Waals surface area contributed by atoms with E-state index in [1.807, 2.05) is 55.5 Å². The number of para-hydroxylation sites is 1. The fraction of sp³-hybridized carbons (Fsp3) is 0.316. The molecule has 0 saturated carbocycles. The van der Waals surface area contributed by atoms with Gasteiger partial charge < -0.3 is 14.7 Å². The Kier molecular flexibility index (Phi) is 6.84. The van der Waals surface area contributed by atoms with Crippen LogP contribution in [0, 0.1) is 0 Å². The van der Waals surface area contributed by atoms with Crippen molar-refractivity contribution in [1.82, 2.24) is 4.90 Å². The summed E-state index contributed by atoms with van der Waals surface area (Å²) in [6, 6.07) is 14.3. The standard InChI is InChI=1S/C19H23BrN2O3/c1-4-22(14-8-6-5-7-9-14)19(24)21(2)18(13-23)16-12-15(25-3)10-11-17(16)20/h5-12,18,23H,4,13H2,1-3H3. The first-order valence-electron chi connectivity index (χ1n) is 8.07. The van der Waals surface area contributed by atoms with E-state index >= 15 is 0 Å². The van der Waals surface area contributed by atoms with Crippen LogP contribution in [0.3, 0.4) is 0 Å². The predicted octanol–water partition coefficient (Wildman–Crippen LogP) is 4.07. The molecule has 5 nitrogen and oxygen atoms in total. The number of ether oxygens (including phenoxy) is 1. The Bertz CT molecular complexity index is 709. The number of carbonyl (C=O) groups excluding carboxylic acids is 1. The number of hydrogen-bond donors (Lipinski definition) is 1. The lowest BCUT2D eigenvalue weighted by Crippen LogP contribution is -2.44. The van der Waals surface area contributed by atoms with Crippen molar-refractivity contribution in [2.45, 2.75) is 13.0 Å². The molecule has 0 aliphatic carbocycles. The van der Waals surface area contributed by atoms with E-state index in [1.54, 1.807) is 24.0 Å². The fourth-order valence-electron chi connectivity index (χ4n) is 2.69. The number of likely N-dealkylation sites (N-methyl/N-ethyl adjacent to an activating group) is 1. The quantitative estimate of drug-likeness (QED) is 0.786. The minimum absolute atomic E-state index is 0.178. The number of nitrogens with zero attached hydrogens (tertiary/aromatic N) is 2. The van der Waals surface area contributed by atoms with Gasteiger partial charge in [-0.25, -0.2) is 4.79 Å². The first kappa shape index (κ1) is 19.3. The zero-order valence-electron chi connectivity index (χ0n) is 14.6. The van der Waals surface area contributed by atoms with E-state index in [0.717, 1.165) is 15.7 Å². The molecule has 1 N–H and O–H groups in total. The van der Waals surface area contributed by atoms with Crippen molar-refractivity contribution in [3.05, 3.63) is 58.6 Å². The second kappa shape index (κ2) is 8.87. The number of methoxy groups -OCH3 is 1. The van der Waals surface area contributed by atoms with Gasteiger partial charge in [-0.05, 0) is 42.8 Å². The van der Waals surface area contributed by atoms with Crippen molar-refractivity contribution in [2.24, 2.45) is 0 Å². The Morgan fingerprint density at radius 3 is 2.48 bits per heavy atom. The molecule has 25 heavy (non-hydrogen) atoms. The molecule has 0 bridgehead atoms. The highest BCUT2D eigenvalue weighted by molar-refractivity contribution is 9.10. The summed E-state index contributed by atoms with van der Waals surface area (Å²) in [5, 5.41) is 9.94. The highest BCUT2D eigenvalue weighted by Gasteiger charge is 2.27. The molecule has 2 amide bonds. The van der Waals surface area contributed by atoms with Crippen LogP contribution in [0.5, 0.6) is 5.75 Å². The molecule has 134 valence electrons. The van der Waals surface area contributed by atoms with Gasteiger partial charge in [0.1, 0.15) is 5.75 Å². The molecule has 0 heterocycles. The highest BCUT2D eigenvalue weighted by Crippen LogP contribution is 2.31. The van der Waals surface area contributed by atoms with Crippen molar-refractivity contribution in [3.63, 3.8) is 0 Å². The van der Waals surface area contributed by atoms with Crippen molar-refractivity contribution >= 4 is 27.6 Å². The van der Waals surface area contributed by atoms with Crippen molar-refractivity contribution in [1.29, 1.82) is 0 Å². The van der Waals surface area contributed by atoms with E-state index in [4.69, 9.17) is 4.74 Å². The van der Waals surface area contributed by atoms with Crippen LogP contribution in [0.25, 0.3) is 0 Å². The van der Waals surface area contributed by atoms with Crippen LogP contribution in [0.1, 0.15) is 18.5 Å². The van der Waals surface area contributed by atoms with Gasteiger partial charge in [-0.2, -0.15) is 0 Å². The normalized spacial score (nSPS) is 11.7. The van der Waals surface area contributed by atoms with Crippen LogP contribution in [0.15, 0.2) is 53.0 Å². The Morgan fingerprint density at radius 2 is 1.92 bits per heavy atom. The third-order valence-corrected chi connectivity index (χ3v) is 4.84. The summed E-state index contributed by atoms with van der Waals surface area (Å²) in [6.07, 6.45) is 0. The Hall–Kier alpha value is -2.05. The molecule has 2 rings (SSSR count). The van der Waals surface area contributed by atoms with Gasteiger partial charge in [-0.3, -0.25) is 4.90 Å². The minimum atomic E-state index is -0.491. The lowest BCUT2D eigenvalue weighted by molar-refractivity contribution is 0.154. The van der Waals surface area contributed by atoms with E-state index in [2.05, 4.69) is 15.9 Å². The van der Waals surface area contributed by atoms with Crippen LogP contribution in [0.2, 0.25) is 0 Å². The molecule has 2 aromatic rings. The molecule has 0 fully saturated rings. The third kappa shape index (κ3) is 4.32. The summed E-state index contributed by atoms with van der Waals surface area (Å²) >= 11 is 3.50. The number of anilines is 1. The molecule has 0 radical (unpaired) electrons.